The molecule has 162 valence electrons. The van der Waals surface area contributed by atoms with Crippen LogP contribution in [0.3, 0.4) is 0 Å². The summed E-state index contributed by atoms with van der Waals surface area (Å²) in [5, 5.41) is 20.0. The predicted octanol–water partition coefficient (Wildman–Crippen LogP) is 4.30. The van der Waals surface area contributed by atoms with Gasteiger partial charge in [-0.1, -0.05) is 6.07 Å². The number of pyridine rings is 1. The summed E-state index contributed by atoms with van der Waals surface area (Å²) < 4.78 is 85.9. The third-order valence-corrected chi connectivity index (χ3v) is 4.91. The Morgan fingerprint density at radius 2 is 1.81 bits per heavy atom. The van der Waals surface area contributed by atoms with Crippen LogP contribution < -0.4 is 10.1 Å². The van der Waals surface area contributed by atoms with Crippen LogP contribution in [0.2, 0.25) is 0 Å². The summed E-state index contributed by atoms with van der Waals surface area (Å²) in [7, 11) is 0. The SMILES string of the molecule is N#Cc1ccc(OC[C@@H]2CC(c3ccc(C#N)c(C(F)(F)F)c3)[C@H](C(F)(F)F)N2)cn1. The molecule has 2 aromatic rings. The maximum atomic E-state index is 13.6. The van der Waals surface area contributed by atoms with Gasteiger partial charge in [0.2, 0.25) is 0 Å². The van der Waals surface area contributed by atoms with Crippen molar-refractivity contribution in [2.75, 3.05) is 6.61 Å². The lowest BCUT2D eigenvalue weighted by Gasteiger charge is -2.23. The van der Waals surface area contributed by atoms with Crippen molar-refractivity contribution in [1.29, 1.82) is 10.5 Å². The molecule has 1 aromatic heterocycles. The summed E-state index contributed by atoms with van der Waals surface area (Å²) >= 11 is 0. The number of aromatic nitrogens is 1. The van der Waals surface area contributed by atoms with Gasteiger partial charge in [0.15, 0.2) is 0 Å². The number of hydrogen-bond donors (Lipinski definition) is 1. The number of nitrogens with zero attached hydrogens (tertiary/aromatic N) is 3. The Hall–Kier alpha value is -3.31. The maximum Gasteiger partial charge on any atom is 0.417 e. The van der Waals surface area contributed by atoms with Gasteiger partial charge in [0.05, 0.1) is 23.4 Å². The van der Waals surface area contributed by atoms with Crippen LogP contribution in [-0.4, -0.2) is 29.9 Å². The lowest BCUT2D eigenvalue weighted by Crippen LogP contribution is -2.44. The van der Waals surface area contributed by atoms with Gasteiger partial charge in [-0.15, -0.1) is 0 Å². The van der Waals surface area contributed by atoms with E-state index in [1.807, 2.05) is 6.07 Å². The van der Waals surface area contributed by atoms with Gasteiger partial charge in [-0.05, 0) is 36.2 Å². The molecule has 1 aliphatic heterocycles. The van der Waals surface area contributed by atoms with E-state index in [9.17, 15) is 26.3 Å². The molecule has 0 bridgehead atoms. The van der Waals surface area contributed by atoms with E-state index in [2.05, 4.69) is 10.3 Å². The molecule has 2 heterocycles. The van der Waals surface area contributed by atoms with Crippen molar-refractivity contribution in [3.05, 3.63) is 58.9 Å². The summed E-state index contributed by atoms with van der Waals surface area (Å²) in [5.41, 5.74) is -1.94. The van der Waals surface area contributed by atoms with E-state index in [0.29, 0.717) is 6.07 Å². The van der Waals surface area contributed by atoms with E-state index in [0.717, 1.165) is 12.1 Å². The Bertz CT molecular complexity index is 1020. The van der Waals surface area contributed by atoms with Crippen LogP contribution in [0.1, 0.15) is 34.7 Å². The first kappa shape index (κ1) is 22.4. The number of halogens is 6. The Morgan fingerprint density at radius 1 is 1.06 bits per heavy atom. The van der Waals surface area contributed by atoms with Gasteiger partial charge in [0, 0.05) is 12.0 Å². The lowest BCUT2D eigenvalue weighted by molar-refractivity contribution is -0.156. The standard InChI is InChI=1S/C20H14F6N4O/c21-19(22,23)17-5-11(1-2-12(17)7-27)16-6-14(30-18(16)20(24,25)26)10-31-15-4-3-13(8-28)29-9-15/h1-5,9,14,16,18,30H,6,10H2/t14-,16?,18+/m0/s1. The summed E-state index contributed by atoms with van der Waals surface area (Å²) in [5.74, 6) is -1.05. The number of ether oxygens (including phenoxy) is 1. The normalized spacial score (nSPS) is 21.4. The molecule has 3 rings (SSSR count). The van der Waals surface area contributed by atoms with E-state index in [1.165, 1.54) is 24.4 Å². The monoisotopic (exact) mass is 440 g/mol. The number of benzene rings is 1. The molecule has 0 spiro atoms. The van der Waals surface area contributed by atoms with E-state index in [1.54, 1.807) is 0 Å². The first-order valence-electron chi connectivity index (χ1n) is 8.96. The van der Waals surface area contributed by atoms with Crippen molar-refractivity contribution in [1.82, 2.24) is 10.3 Å². The minimum Gasteiger partial charge on any atom is -0.490 e. The van der Waals surface area contributed by atoms with E-state index < -0.39 is 41.5 Å². The van der Waals surface area contributed by atoms with Crippen LogP contribution in [0.5, 0.6) is 5.75 Å². The molecule has 1 aliphatic rings. The molecular formula is C20H14F6N4O. The topological polar surface area (TPSA) is 81.7 Å². The van der Waals surface area contributed by atoms with Crippen LogP contribution in [0.4, 0.5) is 26.3 Å². The Morgan fingerprint density at radius 3 is 2.35 bits per heavy atom. The van der Waals surface area contributed by atoms with Gasteiger partial charge in [-0.3, -0.25) is 5.32 Å². The van der Waals surface area contributed by atoms with E-state index in [4.69, 9.17) is 15.3 Å². The quantitative estimate of drug-likeness (QED) is 0.717. The third kappa shape index (κ3) is 5.06. The molecule has 11 heteroatoms. The van der Waals surface area contributed by atoms with Crippen molar-refractivity contribution < 1.29 is 31.1 Å². The predicted molar refractivity (Wildman–Crippen MR) is 94.7 cm³/mol. The average molecular weight is 440 g/mol. The van der Waals surface area contributed by atoms with Crippen LogP contribution >= 0.6 is 0 Å². The highest BCUT2D eigenvalue weighted by Crippen LogP contribution is 2.42. The van der Waals surface area contributed by atoms with Crippen LogP contribution in [0.15, 0.2) is 36.5 Å². The molecule has 0 amide bonds. The molecule has 1 fully saturated rings. The summed E-state index contributed by atoms with van der Waals surface area (Å²) in [6.07, 6.45) is -8.45. The summed E-state index contributed by atoms with van der Waals surface area (Å²) in [6, 6.07) is 5.80. The molecule has 31 heavy (non-hydrogen) atoms. The Balaban J connectivity index is 1.82. The molecule has 3 atom stereocenters. The van der Waals surface area contributed by atoms with Gasteiger partial charge < -0.3 is 4.74 Å². The first-order chi connectivity index (χ1) is 14.5. The van der Waals surface area contributed by atoms with E-state index in [-0.39, 0.29) is 30.0 Å². The lowest BCUT2D eigenvalue weighted by atomic mass is 9.88. The zero-order valence-corrected chi connectivity index (χ0v) is 15.6. The zero-order valence-electron chi connectivity index (χ0n) is 15.6. The van der Waals surface area contributed by atoms with Crippen LogP contribution in [0, 0.1) is 22.7 Å². The Labute approximate surface area is 172 Å². The number of hydrogen-bond acceptors (Lipinski definition) is 5. The molecule has 0 aliphatic carbocycles. The number of nitriles is 2. The maximum absolute atomic E-state index is 13.6. The number of alkyl halides is 6. The van der Waals surface area contributed by atoms with Crippen LogP contribution in [0.25, 0.3) is 0 Å². The molecular weight excluding hydrogens is 426 g/mol. The molecule has 0 saturated carbocycles. The average Bonchev–Trinajstić information content (AvgIpc) is 3.16. The molecule has 5 nitrogen and oxygen atoms in total. The fourth-order valence-electron chi connectivity index (χ4n) is 3.50. The molecule has 1 unspecified atom stereocenters. The minimum absolute atomic E-state index is 0.128. The van der Waals surface area contributed by atoms with Crippen molar-refractivity contribution >= 4 is 0 Å². The fourth-order valence-corrected chi connectivity index (χ4v) is 3.50. The Kier molecular flexibility index (Phi) is 6.09. The highest BCUT2D eigenvalue weighted by molar-refractivity contribution is 5.43. The van der Waals surface area contributed by atoms with Gasteiger partial charge in [0.25, 0.3) is 0 Å². The number of rotatable bonds is 4. The van der Waals surface area contributed by atoms with Crippen LogP contribution in [-0.2, 0) is 6.18 Å². The zero-order chi connectivity index (χ0) is 22.8. The van der Waals surface area contributed by atoms with Crippen molar-refractivity contribution in [3.8, 4) is 17.9 Å². The summed E-state index contributed by atoms with van der Waals surface area (Å²) in [4.78, 5) is 3.79. The highest BCUT2D eigenvalue weighted by Gasteiger charge is 2.51. The number of nitrogens with one attached hydrogen (secondary N) is 1. The first-order valence-corrected chi connectivity index (χ1v) is 8.96. The summed E-state index contributed by atoms with van der Waals surface area (Å²) in [6.45, 7) is -0.181. The minimum atomic E-state index is -4.87. The third-order valence-electron chi connectivity index (χ3n) is 4.91. The van der Waals surface area contributed by atoms with Gasteiger partial charge in [-0.2, -0.15) is 36.9 Å². The van der Waals surface area contributed by atoms with Crippen molar-refractivity contribution in [2.24, 2.45) is 0 Å². The van der Waals surface area contributed by atoms with Gasteiger partial charge in [0.1, 0.15) is 30.2 Å². The van der Waals surface area contributed by atoms with Crippen molar-refractivity contribution in [3.63, 3.8) is 0 Å². The smallest absolute Gasteiger partial charge is 0.417 e. The fraction of sp³-hybridized carbons (Fsp3) is 0.350. The largest absolute Gasteiger partial charge is 0.490 e. The second-order valence-electron chi connectivity index (χ2n) is 6.94. The molecule has 1 saturated heterocycles. The van der Waals surface area contributed by atoms with Gasteiger partial charge in [-0.25, -0.2) is 4.98 Å². The molecule has 0 radical (unpaired) electrons. The second kappa shape index (κ2) is 8.44. The van der Waals surface area contributed by atoms with Gasteiger partial charge >= 0.3 is 12.4 Å². The molecule has 1 N–H and O–H groups in total. The second-order valence-corrected chi connectivity index (χ2v) is 6.94. The van der Waals surface area contributed by atoms with E-state index >= 15 is 0 Å². The van der Waals surface area contributed by atoms with Crippen molar-refractivity contribution in [2.45, 2.75) is 36.8 Å². The molecule has 1 aromatic carbocycles. The highest BCUT2D eigenvalue weighted by atomic mass is 19.4.